The van der Waals surface area contributed by atoms with Crippen LogP contribution in [0.4, 0.5) is 5.95 Å². The van der Waals surface area contributed by atoms with E-state index in [1.54, 1.807) is 11.9 Å². The molecule has 0 fully saturated rings. The Bertz CT molecular complexity index is 608. The van der Waals surface area contributed by atoms with Gasteiger partial charge < -0.3 is 10.1 Å². The molecule has 20 heavy (non-hydrogen) atoms. The molecule has 3 rings (SSSR count). The standard InChI is InChI=1S/C14H19N5O/c1-3-19-17-14(16-18-19)15-9-12-7-10-5-4-6-11(10)8-13(12)20-2/h7-8H,3-6,9H2,1-2H3,(H,15,17). The highest BCUT2D eigenvalue weighted by molar-refractivity contribution is 5.46. The van der Waals surface area contributed by atoms with Gasteiger partial charge in [-0.15, -0.1) is 5.10 Å². The summed E-state index contributed by atoms with van der Waals surface area (Å²) in [5.74, 6) is 1.48. The van der Waals surface area contributed by atoms with Crippen LogP contribution in [0, 0.1) is 0 Å². The lowest BCUT2D eigenvalue weighted by Gasteiger charge is -2.11. The molecule has 0 spiro atoms. The van der Waals surface area contributed by atoms with E-state index >= 15 is 0 Å². The number of aryl methyl sites for hydroxylation is 3. The number of tetrazole rings is 1. The summed E-state index contributed by atoms with van der Waals surface area (Å²) >= 11 is 0. The van der Waals surface area contributed by atoms with Gasteiger partial charge in [0.1, 0.15) is 5.75 Å². The van der Waals surface area contributed by atoms with E-state index in [0.29, 0.717) is 12.5 Å². The van der Waals surface area contributed by atoms with Crippen LogP contribution in [0.25, 0.3) is 0 Å². The third-order valence-corrected chi connectivity index (χ3v) is 3.67. The topological polar surface area (TPSA) is 64.9 Å². The summed E-state index contributed by atoms with van der Waals surface area (Å²) < 4.78 is 5.48. The first-order valence-electron chi connectivity index (χ1n) is 7.00. The monoisotopic (exact) mass is 273 g/mol. The summed E-state index contributed by atoms with van der Waals surface area (Å²) in [6, 6.07) is 4.40. The van der Waals surface area contributed by atoms with Crippen molar-refractivity contribution in [3.8, 4) is 5.75 Å². The summed E-state index contributed by atoms with van der Waals surface area (Å²) in [7, 11) is 1.71. The van der Waals surface area contributed by atoms with Crippen LogP contribution in [0.15, 0.2) is 12.1 Å². The van der Waals surface area contributed by atoms with Gasteiger partial charge >= 0.3 is 0 Å². The van der Waals surface area contributed by atoms with Gasteiger partial charge in [-0.1, -0.05) is 11.2 Å². The lowest BCUT2D eigenvalue weighted by molar-refractivity contribution is 0.410. The second-order valence-electron chi connectivity index (χ2n) is 4.94. The molecule has 0 unspecified atom stereocenters. The van der Waals surface area contributed by atoms with Gasteiger partial charge in [-0.2, -0.15) is 4.80 Å². The molecule has 1 aliphatic carbocycles. The highest BCUT2D eigenvalue weighted by Gasteiger charge is 2.15. The number of aromatic nitrogens is 4. The average molecular weight is 273 g/mol. The second kappa shape index (κ2) is 5.48. The van der Waals surface area contributed by atoms with E-state index < -0.39 is 0 Å². The van der Waals surface area contributed by atoms with Crippen molar-refractivity contribution in [3.05, 3.63) is 28.8 Å². The first kappa shape index (κ1) is 12.9. The molecule has 1 aliphatic rings. The van der Waals surface area contributed by atoms with Crippen molar-refractivity contribution < 1.29 is 4.74 Å². The van der Waals surface area contributed by atoms with Gasteiger partial charge in [0.15, 0.2) is 0 Å². The Hall–Kier alpha value is -2.11. The first-order valence-corrected chi connectivity index (χ1v) is 7.00. The van der Waals surface area contributed by atoms with Crippen molar-refractivity contribution in [1.82, 2.24) is 20.2 Å². The van der Waals surface area contributed by atoms with Crippen molar-refractivity contribution >= 4 is 5.95 Å². The van der Waals surface area contributed by atoms with Crippen LogP contribution in [0.3, 0.4) is 0 Å². The third kappa shape index (κ3) is 2.45. The molecule has 0 saturated carbocycles. The maximum absolute atomic E-state index is 5.48. The van der Waals surface area contributed by atoms with Crippen LogP contribution in [0.2, 0.25) is 0 Å². The molecule has 6 heteroatoms. The Morgan fingerprint density at radius 1 is 1.30 bits per heavy atom. The van der Waals surface area contributed by atoms with E-state index in [-0.39, 0.29) is 0 Å². The number of benzene rings is 1. The Morgan fingerprint density at radius 3 is 2.80 bits per heavy atom. The minimum Gasteiger partial charge on any atom is -0.496 e. The van der Waals surface area contributed by atoms with E-state index in [1.165, 1.54) is 17.5 Å². The van der Waals surface area contributed by atoms with Crippen molar-refractivity contribution in [1.29, 1.82) is 0 Å². The molecular weight excluding hydrogens is 254 g/mol. The van der Waals surface area contributed by atoms with Gasteiger partial charge in [-0.25, -0.2) is 0 Å². The van der Waals surface area contributed by atoms with Gasteiger partial charge in [-0.05, 0) is 48.6 Å². The van der Waals surface area contributed by atoms with Crippen LogP contribution < -0.4 is 10.1 Å². The number of anilines is 1. The Labute approximate surface area is 118 Å². The third-order valence-electron chi connectivity index (χ3n) is 3.67. The Balaban J connectivity index is 1.76. The number of rotatable bonds is 5. The summed E-state index contributed by atoms with van der Waals surface area (Å²) in [5.41, 5.74) is 3.99. The molecule has 1 aromatic carbocycles. The molecular formula is C14H19N5O. The number of nitrogens with one attached hydrogen (secondary N) is 1. The number of fused-ring (bicyclic) bond motifs is 1. The maximum Gasteiger partial charge on any atom is 0.263 e. The molecule has 0 saturated heterocycles. The second-order valence-corrected chi connectivity index (χ2v) is 4.94. The quantitative estimate of drug-likeness (QED) is 0.900. The highest BCUT2D eigenvalue weighted by atomic mass is 16.5. The van der Waals surface area contributed by atoms with Crippen LogP contribution in [0.5, 0.6) is 5.75 Å². The van der Waals surface area contributed by atoms with E-state index in [4.69, 9.17) is 4.74 Å². The number of hydrogen-bond acceptors (Lipinski definition) is 5. The van der Waals surface area contributed by atoms with E-state index in [1.807, 2.05) is 6.92 Å². The minimum absolute atomic E-state index is 0.550. The van der Waals surface area contributed by atoms with Gasteiger partial charge in [0.05, 0.1) is 13.7 Å². The fourth-order valence-electron chi connectivity index (χ4n) is 2.60. The van der Waals surface area contributed by atoms with Crippen molar-refractivity contribution in [2.75, 3.05) is 12.4 Å². The zero-order valence-electron chi connectivity index (χ0n) is 11.9. The highest BCUT2D eigenvalue weighted by Crippen LogP contribution is 2.30. The smallest absolute Gasteiger partial charge is 0.263 e. The van der Waals surface area contributed by atoms with Crippen molar-refractivity contribution in [2.45, 2.75) is 39.3 Å². The maximum atomic E-state index is 5.48. The van der Waals surface area contributed by atoms with Crippen molar-refractivity contribution in [2.24, 2.45) is 0 Å². The largest absolute Gasteiger partial charge is 0.496 e. The number of hydrogen-bond donors (Lipinski definition) is 1. The molecule has 0 atom stereocenters. The lowest BCUT2D eigenvalue weighted by atomic mass is 10.1. The van der Waals surface area contributed by atoms with Crippen molar-refractivity contribution in [3.63, 3.8) is 0 Å². The molecule has 0 aliphatic heterocycles. The van der Waals surface area contributed by atoms with Gasteiger partial charge in [-0.3, -0.25) is 0 Å². The van der Waals surface area contributed by atoms with Crippen LogP contribution in [-0.4, -0.2) is 27.3 Å². The van der Waals surface area contributed by atoms with Crippen LogP contribution in [-0.2, 0) is 25.9 Å². The molecule has 1 aromatic heterocycles. The zero-order valence-corrected chi connectivity index (χ0v) is 11.9. The van der Waals surface area contributed by atoms with Crippen LogP contribution in [0.1, 0.15) is 30.0 Å². The predicted octanol–water partition coefficient (Wildman–Crippen LogP) is 1.80. The summed E-state index contributed by atoms with van der Waals surface area (Å²) in [5, 5.41) is 15.3. The molecule has 1 N–H and O–H groups in total. The average Bonchev–Trinajstić information content (AvgIpc) is 3.12. The molecule has 106 valence electrons. The fourth-order valence-corrected chi connectivity index (χ4v) is 2.60. The predicted molar refractivity (Wildman–Crippen MR) is 75.8 cm³/mol. The normalized spacial score (nSPS) is 13.3. The van der Waals surface area contributed by atoms with E-state index in [2.05, 4.69) is 32.9 Å². The van der Waals surface area contributed by atoms with Gasteiger partial charge in [0.2, 0.25) is 0 Å². The Morgan fingerprint density at radius 2 is 2.10 bits per heavy atom. The number of methoxy groups -OCH3 is 1. The van der Waals surface area contributed by atoms with Gasteiger partial charge in [0, 0.05) is 12.1 Å². The molecule has 0 radical (unpaired) electrons. The van der Waals surface area contributed by atoms with E-state index in [9.17, 15) is 0 Å². The summed E-state index contributed by atoms with van der Waals surface area (Å²) in [4.78, 5) is 1.56. The first-order chi connectivity index (χ1) is 9.80. The summed E-state index contributed by atoms with van der Waals surface area (Å²) in [6.45, 7) is 3.34. The van der Waals surface area contributed by atoms with Crippen LogP contribution >= 0.6 is 0 Å². The fraction of sp³-hybridized carbons (Fsp3) is 0.500. The van der Waals surface area contributed by atoms with Gasteiger partial charge in [0.25, 0.3) is 5.95 Å². The summed E-state index contributed by atoms with van der Waals surface area (Å²) in [6.07, 6.45) is 3.56. The molecule has 6 nitrogen and oxygen atoms in total. The molecule has 0 bridgehead atoms. The minimum atomic E-state index is 0.550. The molecule has 0 amide bonds. The lowest BCUT2D eigenvalue weighted by Crippen LogP contribution is -2.05. The number of nitrogens with zero attached hydrogens (tertiary/aromatic N) is 4. The molecule has 1 heterocycles. The SMILES string of the molecule is CCn1nnc(NCc2cc3c(cc2OC)CCC3)n1. The Kier molecular flexibility index (Phi) is 3.54. The number of ether oxygens (including phenoxy) is 1. The molecule has 2 aromatic rings. The van der Waals surface area contributed by atoms with E-state index in [0.717, 1.165) is 30.7 Å². The zero-order chi connectivity index (χ0) is 13.9.